The molecule has 0 saturated carbocycles. The molecule has 0 radical (unpaired) electrons. The number of halogens is 1. The van der Waals surface area contributed by atoms with Crippen LogP contribution in [-0.4, -0.2) is 16.2 Å². The van der Waals surface area contributed by atoms with E-state index in [1.165, 1.54) is 0 Å². The van der Waals surface area contributed by atoms with E-state index in [-0.39, 0.29) is 24.9 Å². The first-order valence-electron chi connectivity index (χ1n) is 6.98. The highest BCUT2D eigenvalue weighted by Gasteiger charge is 2.11. The zero-order chi connectivity index (χ0) is 16.1. The van der Waals surface area contributed by atoms with Crippen molar-refractivity contribution < 1.29 is 13.9 Å². The Kier molecular flexibility index (Phi) is 4.83. The zero-order valence-corrected chi connectivity index (χ0v) is 13.7. The van der Waals surface area contributed by atoms with Crippen LogP contribution in [0.1, 0.15) is 11.5 Å². The summed E-state index contributed by atoms with van der Waals surface area (Å²) in [5.41, 5.74) is 1.71. The van der Waals surface area contributed by atoms with Crippen LogP contribution in [0.2, 0.25) is 0 Å². The summed E-state index contributed by atoms with van der Waals surface area (Å²) in [4.78, 5) is 11.8. The SMILES string of the molecule is O=C(Cc1ccc(Br)cc1)OCc1nnc(-c2ccccc2)o1. The zero-order valence-electron chi connectivity index (χ0n) is 12.1. The Morgan fingerprint density at radius 2 is 1.78 bits per heavy atom. The lowest BCUT2D eigenvalue weighted by Crippen LogP contribution is -2.08. The van der Waals surface area contributed by atoms with E-state index in [4.69, 9.17) is 9.15 Å². The van der Waals surface area contributed by atoms with Gasteiger partial charge in [-0.1, -0.05) is 46.3 Å². The maximum atomic E-state index is 11.8. The van der Waals surface area contributed by atoms with Crippen LogP contribution in [0.15, 0.2) is 63.5 Å². The van der Waals surface area contributed by atoms with Gasteiger partial charge in [0, 0.05) is 10.0 Å². The third-order valence-electron chi connectivity index (χ3n) is 3.11. The quantitative estimate of drug-likeness (QED) is 0.637. The average molecular weight is 373 g/mol. The third kappa shape index (κ3) is 4.26. The van der Waals surface area contributed by atoms with Crippen molar-refractivity contribution in [1.29, 1.82) is 0 Å². The first-order valence-corrected chi connectivity index (χ1v) is 7.78. The number of carbonyl (C=O) groups is 1. The predicted molar refractivity (Wildman–Crippen MR) is 87.4 cm³/mol. The number of benzene rings is 2. The third-order valence-corrected chi connectivity index (χ3v) is 3.63. The molecular weight excluding hydrogens is 360 g/mol. The van der Waals surface area contributed by atoms with Crippen LogP contribution < -0.4 is 0 Å². The number of esters is 1. The molecule has 0 saturated heterocycles. The lowest BCUT2D eigenvalue weighted by atomic mass is 10.2. The smallest absolute Gasteiger partial charge is 0.310 e. The van der Waals surface area contributed by atoms with Crippen molar-refractivity contribution in [1.82, 2.24) is 10.2 Å². The van der Waals surface area contributed by atoms with Gasteiger partial charge in [-0.15, -0.1) is 10.2 Å². The van der Waals surface area contributed by atoms with Crippen LogP contribution in [0, 0.1) is 0 Å². The summed E-state index contributed by atoms with van der Waals surface area (Å²) in [7, 11) is 0. The van der Waals surface area contributed by atoms with Gasteiger partial charge in [-0.2, -0.15) is 0 Å². The number of hydrogen-bond donors (Lipinski definition) is 0. The molecule has 0 aliphatic heterocycles. The maximum Gasteiger partial charge on any atom is 0.310 e. The van der Waals surface area contributed by atoms with E-state index in [0.717, 1.165) is 15.6 Å². The Balaban J connectivity index is 1.55. The molecule has 3 aromatic rings. The van der Waals surface area contributed by atoms with Gasteiger partial charge in [0.2, 0.25) is 5.89 Å². The molecule has 116 valence electrons. The molecule has 1 heterocycles. The highest BCUT2D eigenvalue weighted by atomic mass is 79.9. The van der Waals surface area contributed by atoms with E-state index >= 15 is 0 Å². The number of rotatable bonds is 5. The van der Waals surface area contributed by atoms with Gasteiger partial charge in [-0.05, 0) is 29.8 Å². The van der Waals surface area contributed by atoms with E-state index in [9.17, 15) is 4.79 Å². The fraction of sp³-hybridized carbons (Fsp3) is 0.118. The second-order valence-electron chi connectivity index (χ2n) is 4.83. The summed E-state index contributed by atoms with van der Waals surface area (Å²) in [6.07, 6.45) is 0.201. The highest BCUT2D eigenvalue weighted by molar-refractivity contribution is 9.10. The predicted octanol–water partition coefficient (Wildman–Crippen LogP) is 3.79. The number of carbonyl (C=O) groups excluding carboxylic acids is 1. The van der Waals surface area contributed by atoms with E-state index < -0.39 is 0 Å². The minimum atomic E-state index is -0.341. The summed E-state index contributed by atoms with van der Waals surface area (Å²) in [6, 6.07) is 16.9. The summed E-state index contributed by atoms with van der Waals surface area (Å²) < 4.78 is 11.6. The number of nitrogens with zero attached hydrogens (tertiary/aromatic N) is 2. The number of hydrogen-bond acceptors (Lipinski definition) is 5. The van der Waals surface area contributed by atoms with Crippen LogP contribution in [0.5, 0.6) is 0 Å². The van der Waals surface area contributed by atoms with Crippen molar-refractivity contribution in [3.05, 3.63) is 70.5 Å². The lowest BCUT2D eigenvalue weighted by Gasteiger charge is -2.02. The van der Waals surface area contributed by atoms with Crippen molar-refractivity contribution in [2.45, 2.75) is 13.0 Å². The Labute approximate surface area is 141 Å². The molecule has 0 amide bonds. The molecule has 2 aromatic carbocycles. The van der Waals surface area contributed by atoms with Crippen molar-refractivity contribution in [2.75, 3.05) is 0 Å². The van der Waals surface area contributed by atoms with Crippen LogP contribution in [-0.2, 0) is 22.6 Å². The van der Waals surface area contributed by atoms with Gasteiger partial charge in [-0.25, -0.2) is 0 Å². The van der Waals surface area contributed by atoms with E-state index in [2.05, 4.69) is 26.1 Å². The summed E-state index contributed by atoms with van der Waals surface area (Å²) in [5.74, 6) is 0.337. The van der Waals surface area contributed by atoms with Crippen molar-refractivity contribution in [3.8, 4) is 11.5 Å². The first-order chi connectivity index (χ1) is 11.2. The molecule has 5 nitrogen and oxygen atoms in total. The van der Waals surface area contributed by atoms with Crippen LogP contribution >= 0.6 is 15.9 Å². The Morgan fingerprint density at radius 3 is 2.52 bits per heavy atom. The van der Waals surface area contributed by atoms with Gasteiger partial charge >= 0.3 is 5.97 Å². The Morgan fingerprint density at radius 1 is 1.04 bits per heavy atom. The van der Waals surface area contributed by atoms with E-state index in [1.807, 2.05) is 54.6 Å². The molecule has 3 rings (SSSR count). The molecule has 0 spiro atoms. The van der Waals surface area contributed by atoms with Crippen LogP contribution in [0.3, 0.4) is 0 Å². The summed E-state index contributed by atoms with van der Waals surface area (Å²) in [6.45, 7) is -0.0325. The van der Waals surface area contributed by atoms with Gasteiger partial charge < -0.3 is 9.15 Å². The molecule has 6 heteroatoms. The molecule has 0 bridgehead atoms. The van der Waals surface area contributed by atoms with Gasteiger partial charge in [0.05, 0.1) is 6.42 Å². The largest absolute Gasteiger partial charge is 0.455 e. The van der Waals surface area contributed by atoms with Crippen LogP contribution in [0.25, 0.3) is 11.5 Å². The van der Waals surface area contributed by atoms with Crippen LogP contribution in [0.4, 0.5) is 0 Å². The minimum absolute atomic E-state index is 0.0325. The molecule has 0 fully saturated rings. The minimum Gasteiger partial charge on any atom is -0.455 e. The van der Waals surface area contributed by atoms with Gasteiger partial charge in [0.1, 0.15) is 0 Å². The summed E-state index contributed by atoms with van der Waals surface area (Å²) >= 11 is 3.35. The average Bonchev–Trinajstić information content (AvgIpc) is 3.05. The summed E-state index contributed by atoms with van der Waals surface area (Å²) in [5, 5.41) is 7.83. The molecule has 1 aromatic heterocycles. The standard InChI is InChI=1S/C17H13BrN2O3/c18-14-8-6-12(7-9-14)10-16(21)22-11-15-19-20-17(23-15)13-4-2-1-3-5-13/h1-9H,10-11H2. The van der Waals surface area contributed by atoms with E-state index in [0.29, 0.717) is 5.89 Å². The Bertz CT molecular complexity index is 785. The number of aromatic nitrogens is 2. The Hall–Kier alpha value is -2.47. The maximum absolute atomic E-state index is 11.8. The molecule has 0 unspecified atom stereocenters. The molecule has 0 atom stereocenters. The van der Waals surface area contributed by atoms with Crippen molar-refractivity contribution in [2.24, 2.45) is 0 Å². The molecule has 23 heavy (non-hydrogen) atoms. The van der Waals surface area contributed by atoms with E-state index in [1.54, 1.807) is 0 Å². The lowest BCUT2D eigenvalue weighted by molar-refractivity contribution is -0.144. The van der Waals surface area contributed by atoms with Gasteiger partial charge in [0.25, 0.3) is 5.89 Å². The fourth-order valence-electron chi connectivity index (χ4n) is 1.97. The molecule has 0 aliphatic carbocycles. The normalized spacial score (nSPS) is 10.5. The second kappa shape index (κ2) is 7.19. The van der Waals surface area contributed by atoms with Crippen molar-refractivity contribution >= 4 is 21.9 Å². The first kappa shape index (κ1) is 15.4. The van der Waals surface area contributed by atoms with Crippen molar-refractivity contribution in [3.63, 3.8) is 0 Å². The molecule has 0 aliphatic rings. The second-order valence-corrected chi connectivity index (χ2v) is 5.75. The van der Waals surface area contributed by atoms with Gasteiger partial charge in [-0.3, -0.25) is 4.79 Å². The monoisotopic (exact) mass is 372 g/mol. The number of ether oxygens (including phenoxy) is 1. The fourth-order valence-corrected chi connectivity index (χ4v) is 2.24. The molecular formula is C17H13BrN2O3. The highest BCUT2D eigenvalue weighted by Crippen LogP contribution is 2.17. The van der Waals surface area contributed by atoms with Gasteiger partial charge in [0.15, 0.2) is 6.61 Å². The topological polar surface area (TPSA) is 65.2 Å². The molecule has 0 N–H and O–H groups in total.